The molecule has 0 aromatic carbocycles. The van der Waals surface area contributed by atoms with E-state index in [4.69, 9.17) is 4.42 Å². The van der Waals surface area contributed by atoms with Crippen molar-refractivity contribution >= 4 is 11.9 Å². The van der Waals surface area contributed by atoms with E-state index in [0.717, 1.165) is 18.8 Å². The maximum atomic E-state index is 11.9. The third kappa shape index (κ3) is 6.28. The van der Waals surface area contributed by atoms with Gasteiger partial charge >= 0.3 is 0 Å². The van der Waals surface area contributed by atoms with Crippen LogP contribution in [0.2, 0.25) is 0 Å². The van der Waals surface area contributed by atoms with Crippen LogP contribution < -0.4 is 16.0 Å². The first-order valence-electron chi connectivity index (χ1n) is 8.40. The van der Waals surface area contributed by atoms with E-state index in [-0.39, 0.29) is 12.5 Å². The third-order valence-corrected chi connectivity index (χ3v) is 3.42. The lowest BCUT2D eigenvalue weighted by Gasteiger charge is -2.12. The summed E-state index contributed by atoms with van der Waals surface area (Å²) in [5, 5.41) is 17.0. The first-order valence-corrected chi connectivity index (χ1v) is 8.40. The van der Waals surface area contributed by atoms with Gasteiger partial charge in [-0.05, 0) is 19.1 Å². The summed E-state index contributed by atoms with van der Waals surface area (Å²) in [4.78, 5) is 16.1. The molecule has 0 aliphatic rings. The lowest BCUT2D eigenvalue weighted by atomic mass is 10.4. The Balaban J connectivity index is 1.76. The van der Waals surface area contributed by atoms with Gasteiger partial charge in [-0.1, -0.05) is 6.92 Å². The van der Waals surface area contributed by atoms with Gasteiger partial charge in [0.15, 0.2) is 5.96 Å². The maximum absolute atomic E-state index is 11.9. The third-order valence-electron chi connectivity index (χ3n) is 3.42. The molecule has 3 N–H and O–H groups in total. The van der Waals surface area contributed by atoms with E-state index in [2.05, 4.69) is 31.1 Å². The molecule has 0 spiro atoms. The Labute approximate surface area is 146 Å². The zero-order chi connectivity index (χ0) is 17.9. The van der Waals surface area contributed by atoms with Crippen molar-refractivity contribution in [2.45, 2.75) is 33.4 Å². The van der Waals surface area contributed by atoms with Crippen LogP contribution in [0.15, 0.2) is 34.1 Å². The zero-order valence-electron chi connectivity index (χ0n) is 14.7. The second-order valence-electron chi connectivity index (χ2n) is 5.27. The summed E-state index contributed by atoms with van der Waals surface area (Å²) in [6, 6.07) is 3.59. The van der Waals surface area contributed by atoms with Crippen molar-refractivity contribution in [3.63, 3.8) is 0 Å². The Morgan fingerprint density at radius 3 is 2.92 bits per heavy atom. The maximum Gasteiger partial charge on any atom is 0.242 e. The standard InChI is InChI=1S/C16H25N7O2/c1-3-14-22-21-12-23(14)8-7-18-16(17-4-2)20-11-15(24)19-10-13-6-5-9-25-13/h5-6,9,12H,3-4,7-8,10-11H2,1-2H3,(H,19,24)(H2,17,18,20). The number of hydrogen-bond acceptors (Lipinski definition) is 5. The van der Waals surface area contributed by atoms with E-state index in [0.29, 0.717) is 31.4 Å². The van der Waals surface area contributed by atoms with E-state index in [1.807, 2.05) is 24.5 Å². The number of aromatic nitrogens is 3. The molecule has 25 heavy (non-hydrogen) atoms. The van der Waals surface area contributed by atoms with Crippen LogP contribution in [0.5, 0.6) is 0 Å². The van der Waals surface area contributed by atoms with Gasteiger partial charge in [-0.3, -0.25) is 4.79 Å². The number of furan rings is 1. The highest BCUT2D eigenvalue weighted by molar-refractivity contribution is 5.84. The van der Waals surface area contributed by atoms with E-state index in [9.17, 15) is 4.79 Å². The summed E-state index contributed by atoms with van der Waals surface area (Å²) >= 11 is 0. The molecule has 0 saturated carbocycles. The van der Waals surface area contributed by atoms with Crippen LogP contribution in [0.3, 0.4) is 0 Å². The van der Waals surface area contributed by atoms with Crippen molar-refractivity contribution < 1.29 is 9.21 Å². The minimum Gasteiger partial charge on any atom is -0.467 e. The highest BCUT2D eigenvalue weighted by Gasteiger charge is 2.05. The topological polar surface area (TPSA) is 109 Å². The number of rotatable bonds is 9. The molecule has 0 bridgehead atoms. The van der Waals surface area contributed by atoms with Crippen molar-refractivity contribution in [1.82, 2.24) is 30.7 Å². The molecule has 2 heterocycles. The van der Waals surface area contributed by atoms with Gasteiger partial charge in [0.1, 0.15) is 24.5 Å². The first-order chi connectivity index (χ1) is 12.2. The Morgan fingerprint density at radius 2 is 2.20 bits per heavy atom. The van der Waals surface area contributed by atoms with Gasteiger partial charge in [-0.15, -0.1) is 10.2 Å². The number of guanidine groups is 1. The van der Waals surface area contributed by atoms with Gasteiger partial charge in [-0.2, -0.15) is 0 Å². The minimum atomic E-state index is -0.166. The molecule has 9 nitrogen and oxygen atoms in total. The average molecular weight is 347 g/mol. The second-order valence-corrected chi connectivity index (χ2v) is 5.27. The fourth-order valence-electron chi connectivity index (χ4n) is 2.18. The fourth-order valence-corrected chi connectivity index (χ4v) is 2.18. The molecule has 0 aliphatic carbocycles. The molecule has 0 atom stereocenters. The van der Waals surface area contributed by atoms with Crippen LogP contribution in [0.25, 0.3) is 0 Å². The van der Waals surface area contributed by atoms with Crippen LogP contribution in [0.4, 0.5) is 0 Å². The molecule has 0 radical (unpaired) electrons. The van der Waals surface area contributed by atoms with Gasteiger partial charge in [0.2, 0.25) is 5.91 Å². The fraction of sp³-hybridized carbons (Fsp3) is 0.500. The molecule has 2 aromatic heterocycles. The summed E-state index contributed by atoms with van der Waals surface area (Å²) in [5.74, 6) is 2.09. The highest BCUT2D eigenvalue weighted by Crippen LogP contribution is 1.98. The van der Waals surface area contributed by atoms with Crippen molar-refractivity contribution in [2.75, 3.05) is 19.6 Å². The van der Waals surface area contributed by atoms with Gasteiger partial charge < -0.3 is 24.9 Å². The molecule has 1 amide bonds. The van der Waals surface area contributed by atoms with Gasteiger partial charge in [0.25, 0.3) is 0 Å². The molecule has 0 saturated heterocycles. The van der Waals surface area contributed by atoms with Crippen LogP contribution in [0.1, 0.15) is 25.4 Å². The molecule has 9 heteroatoms. The summed E-state index contributed by atoms with van der Waals surface area (Å²) in [7, 11) is 0. The van der Waals surface area contributed by atoms with E-state index in [1.54, 1.807) is 18.7 Å². The summed E-state index contributed by atoms with van der Waals surface area (Å²) in [5.41, 5.74) is 0. The number of amides is 1. The number of nitrogens with zero attached hydrogens (tertiary/aromatic N) is 4. The van der Waals surface area contributed by atoms with Crippen molar-refractivity contribution in [2.24, 2.45) is 4.99 Å². The smallest absolute Gasteiger partial charge is 0.242 e. The SMILES string of the molecule is CCNC(=NCC(=O)NCc1ccco1)NCCn1cnnc1CC. The van der Waals surface area contributed by atoms with Crippen LogP contribution in [-0.2, 0) is 24.3 Å². The predicted octanol–water partition coefficient (Wildman–Crippen LogP) is 0.305. The summed E-state index contributed by atoms with van der Waals surface area (Å²) in [6.45, 7) is 6.52. The zero-order valence-corrected chi connectivity index (χ0v) is 14.7. The Hall–Kier alpha value is -2.84. The Kier molecular flexibility index (Phi) is 7.48. The number of aryl methyl sites for hydroxylation is 1. The monoisotopic (exact) mass is 347 g/mol. The largest absolute Gasteiger partial charge is 0.467 e. The van der Waals surface area contributed by atoms with Gasteiger partial charge in [-0.25, -0.2) is 4.99 Å². The van der Waals surface area contributed by atoms with Crippen molar-refractivity contribution in [3.8, 4) is 0 Å². The Morgan fingerprint density at radius 1 is 1.32 bits per heavy atom. The lowest BCUT2D eigenvalue weighted by Crippen LogP contribution is -2.40. The first kappa shape index (κ1) is 18.5. The molecular formula is C16H25N7O2. The Bertz CT molecular complexity index is 664. The molecule has 0 aliphatic heterocycles. The number of aliphatic imine (C=N–C) groups is 1. The van der Waals surface area contributed by atoms with Crippen LogP contribution in [-0.4, -0.2) is 46.3 Å². The molecule has 0 fully saturated rings. The van der Waals surface area contributed by atoms with E-state index in [1.165, 1.54) is 0 Å². The second kappa shape index (κ2) is 10.1. The summed E-state index contributed by atoms with van der Waals surface area (Å²) < 4.78 is 7.16. The lowest BCUT2D eigenvalue weighted by molar-refractivity contribution is -0.119. The number of hydrogen-bond donors (Lipinski definition) is 3. The number of carbonyl (C=O) groups excluding carboxylic acids is 1. The normalized spacial score (nSPS) is 11.4. The van der Waals surface area contributed by atoms with Crippen LogP contribution in [0, 0.1) is 0 Å². The van der Waals surface area contributed by atoms with Crippen molar-refractivity contribution in [1.29, 1.82) is 0 Å². The van der Waals surface area contributed by atoms with Crippen molar-refractivity contribution in [3.05, 3.63) is 36.3 Å². The average Bonchev–Trinajstić information content (AvgIpc) is 3.29. The molecule has 2 rings (SSSR count). The highest BCUT2D eigenvalue weighted by atomic mass is 16.3. The van der Waals surface area contributed by atoms with Gasteiger partial charge in [0.05, 0.1) is 12.8 Å². The summed E-state index contributed by atoms with van der Waals surface area (Å²) in [6.07, 6.45) is 4.13. The number of nitrogens with one attached hydrogen (secondary N) is 3. The van der Waals surface area contributed by atoms with Crippen LogP contribution >= 0.6 is 0 Å². The molecule has 136 valence electrons. The predicted molar refractivity (Wildman–Crippen MR) is 93.9 cm³/mol. The minimum absolute atomic E-state index is 0.0445. The number of carbonyl (C=O) groups is 1. The molecule has 0 unspecified atom stereocenters. The van der Waals surface area contributed by atoms with E-state index >= 15 is 0 Å². The van der Waals surface area contributed by atoms with Gasteiger partial charge in [0, 0.05) is 26.1 Å². The van der Waals surface area contributed by atoms with E-state index < -0.39 is 0 Å². The quantitative estimate of drug-likeness (QED) is 0.445. The molecular weight excluding hydrogens is 322 g/mol. The molecule has 2 aromatic rings.